The first-order valence-corrected chi connectivity index (χ1v) is 5.73. The fourth-order valence-electron chi connectivity index (χ4n) is 2.05. The predicted octanol–water partition coefficient (Wildman–Crippen LogP) is 2.11. The Kier molecular flexibility index (Phi) is 3.24. The van der Waals surface area contributed by atoms with Crippen molar-refractivity contribution in [3.8, 4) is 0 Å². The lowest BCUT2D eigenvalue weighted by molar-refractivity contribution is -0.117. The van der Waals surface area contributed by atoms with E-state index in [1.807, 2.05) is 26.1 Å². The Labute approximate surface area is 100 Å². The third kappa shape index (κ3) is 2.53. The molecule has 0 bridgehead atoms. The zero-order chi connectivity index (χ0) is 12.4. The summed E-state index contributed by atoms with van der Waals surface area (Å²) in [6.45, 7) is 3.55. The van der Waals surface area contributed by atoms with Gasteiger partial charge in [-0.25, -0.2) is 4.98 Å². The number of benzene rings is 1. The number of aromatic amines is 1. The molecule has 2 rings (SSSR count). The van der Waals surface area contributed by atoms with Gasteiger partial charge in [0.1, 0.15) is 11.6 Å². The van der Waals surface area contributed by atoms with Gasteiger partial charge in [0.2, 0.25) is 0 Å². The maximum Gasteiger partial charge on any atom is 0.131 e. The summed E-state index contributed by atoms with van der Waals surface area (Å²) in [5.41, 5.74) is 3.09. The third-order valence-electron chi connectivity index (χ3n) is 2.87. The molecule has 1 atom stereocenters. The highest BCUT2D eigenvalue weighted by molar-refractivity contribution is 5.78. The summed E-state index contributed by atoms with van der Waals surface area (Å²) >= 11 is 0. The smallest absolute Gasteiger partial charge is 0.131 e. The molecule has 2 aromatic rings. The van der Waals surface area contributed by atoms with Crippen molar-refractivity contribution in [2.24, 2.45) is 0 Å². The highest BCUT2D eigenvalue weighted by Gasteiger charge is 2.12. The summed E-state index contributed by atoms with van der Waals surface area (Å²) in [4.78, 5) is 18.8. The van der Waals surface area contributed by atoms with E-state index in [1.165, 1.54) is 0 Å². The van der Waals surface area contributed by atoms with Crippen LogP contribution >= 0.6 is 0 Å². The van der Waals surface area contributed by atoms with Crippen molar-refractivity contribution in [2.45, 2.75) is 26.3 Å². The molecule has 17 heavy (non-hydrogen) atoms. The van der Waals surface area contributed by atoms with Crippen LogP contribution in [-0.2, 0) is 4.79 Å². The van der Waals surface area contributed by atoms with Crippen molar-refractivity contribution < 1.29 is 4.79 Å². The fourth-order valence-corrected chi connectivity index (χ4v) is 2.05. The number of ketones is 1. The first kappa shape index (κ1) is 11.8. The van der Waals surface area contributed by atoms with Gasteiger partial charge in [-0.3, -0.25) is 4.79 Å². The molecule has 2 N–H and O–H groups in total. The van der Waals surface area contributed by atoms with Crippen LogP contribution in [0.4, 0.5) is 0 Å². The van der Waals surface area contributed by atoms with Gasteiger partial charge >= 0.3 is 0 Å². The van der Waals surface area contributed by atoms with Crippen molar-refractivity contribution in [1.29, 1.82) is 0 Å². The molecule has 0 fully saturated rings. The molecule has 4 heteroatoms. The lowest BCUT2D eigenvalue weighted by Crippen LogP contribution is -2.18. The number of aryl methyl sites for hydroxylation is 1. The second-order valence-corrected chi connectivity index (χ2v) is 4.35. The number of rotatable bonds is 4. The Balaban J connectivity index is 2.36. The molecule has 90 valence electrons. The first-order valence-electron chi connectivity index (χ1n) is 5.73. The van der Waals surface area contributed by atoms with Crippen LogP contribution in [0.25, 0.3) is 11.0 Å². The van der Waals surface area contributed by atoms with E-state index in [1.54, 1.807) is 6.92 Å². The number of carbonyl (C=O) groups is 1. The summed E-state index contributed by atoms with van der Waals surface area (Å²) in [6, 6.07) is 6.13. The van der Waals surface area contributed by atoms with Gasteiger partial charge in [0.05, 0.1) is 11.0 Å². The Morgan fingerprint density at radius 1 is 1.53 bits per heavy atom. The summed E-state index contributed by atoms with van der Waals surface area (Å²) in [5.74, 6) is 1.09. The number of nitrogens with one attached hydrogen (secondary N) is 2. The SMILES string of the molecule is CNC(CC(C)=O)c1ccc2nc(C)[nH]c2c1. The van der Waals surface area contributed by atoms with Crippen molar-refractivity contribution >= 4 is 16.8 Å². The Morgan fingerprint density at radius 3 is 2.94 bits per heavy atom. The molecule has 1 unspecified atom stereocenters. The molecule has 0 aliphatic heterocycles. The highest BCUT2D eigenvalue weighted by Crippen LogP contribution is 2.21. The number of hydrogen-bond donors (Lipinski definition) is 2. The molecule has 1 aromatic carbocycles. The molecular formula is C13H17N3O. The van der Waals surface area contributed by atoms with Crippen LogP contribution in [0.2, 0.25) is 0 Å². The number of H-pyrrole nitrogens is 1. The number of hydrogen-bond acceptors (Lipinski definition) is 3. The van der Waals surface area contributed by atoms with E-state index in [0.717, 1.165) is 22.4 Å². The first-order chi connectivity index (χ1) is 8.10. The number of nitrogens with zero attached hydrogens (tertiary/aromatic N) is 1. The van der Waals surface area contributed by atoms with E-state index < -0.39 is 0 Å². The Bertz CT molecular complexity index is 545. The number of aromatic nitrogens is 2. The molecule has 1 heterocycles. The Morgan fingerprint density at radius 2 is 2.29 bits per heavy atom. The van der Waals surface area contributed by atoms with Crippen LogP contribution in [0, 0.1) is 6.92 Å². The number of imidazole rings is 1. The van der Waals surface area contributed by atoms with Crippen LogP contribution < -0.4 is 5.32 Å². The molecule has 1 aromatic heterocycles. The molecule has 0 saturated heterocycles. The number of carbonyl (C=O) groups excluding carboxylic acids is 1. The van der Waals surface area contributed by atoms with E-state index in [0.29, 0.717) is 6.42 Å². The van der Waals surface area contributed by atoms with E-state index in [2.05, 4.69) is 21.4 Å². The van der Waals surface area contributed by atoms with Crippen molar-refractivity contribution in [2.75, 3.05) is 7.05 Å². The predicted molar refractivity (Wildman–Crippen MR) is 67.9 cm³/mol. The maximum atomic E-state index is 11.2. The second-order valence-electron chi connectivity index (χ2n) is 4.35. The average Bonchev–Trinajstić information content (AvgIpc) is 2.64. The summed E-state index contributed by atoms with van der Waals surface area (Å²) in [5, 5.41) is 3.17. The minimum atomic E-state index is 0.0699. The number of Topliss-reactive ketones (excluding diaryl/α,β-unsaturated/α-hetero) is 1. The summed E-state index contributed by atoms with van der Waals surface area (Å²) < 4.78 is 0. The monoisotopic (exact) mass is 231 g/mol. The molecule has 0 saturated carbocycles. The lowest BCUT2D eigenvalue weighted by Gasteiger charge is -2.14. The normalized spacial score (nSPS) is 12.9. The van der Waals surface area contributed by atoms with E-state index in [4.69, 9.17) is 0 Å². The van der Waals surface area contributed by atoms with Crippen LogP contribution in [-0.4, -0.2) is 22.8 Å². The quantitative estimate of drug-likeness (QED) is 0.847. The van der Waals surface area contributed by atoms with E-state index in [9.17, 15) is 4.79 Å². The zero-order valence-corrected chi connectivity index (χ0v) is 10.4. The van der Waals surface area contributed by atoms with Crippen LogP contribution in [0.1, 0.15) is 30.8 Å². The molecule has 0 aliphatic carbocycles. The molecule has 0 aliphatic rings. The van der Waals surface area contributed by atoms with E-state index >= 15 is 0 Å². The average molecular weight is 231 g/mol. The third-order valence-corrected chi connectivity index (χ3v) is 2.87. The van der Waals surface area contributed by atoms with E-state index in [-0.39, 0.29) is 11.8 Å². The Hall–Kier alpha value is -1.68. The fraction of sp³-hybridized carbons (Fsp3) is 0.385. The molecular weight excluding hydrogens is 214 g/mol. The molecule has 0 spiro atoms. The molecule has 0 radical (unpaired) electrons. The van der Waals surface area contributed by atoms with Crippen molar-refractivity contribution in [1.82, 2.24) is 15.3 Å². The summed E-state index contributed by atoms with van der Waals surface area (Å²) in [6.07, 6.45) is 0.509. The minimum absolute atomic E-state index is 0.0699. The topological polar surface area (TPSA) is 57.8 Å². The number of fused-ring (bicyclic) bond motifs is 1. The maximum absolute atomic E-state index is 11.2. The summed E-state index contributed by atoms with van der Waals surface area (Å²) in [7, 11) is 1.87. The molecule has 4 nitrogen and oxygen atoms in total. The van der Waals surface area contributed by atoms with Gasteiger partial charge < -0.3 is 10.3 Å². The minimum Gasteiger partial charge on any atom is -0.342 e. The van der Waals surface area contributed by atoms with Gasteiger partial charge in [-0.1, -0.05) is 6.07 Å². The van der Waals surface area contributed by atoms with Crippen molar-refractivity contribution in [3.05, 3.63) is 29.6 Å². The highest BCUT2D eigenvalue weighted by atomic mass is 16.1. The largest absolute Gasteiger partial charge is 0.342 e. The van der Waals surface area contributed by atoms with Gasteiger partial charge in [-0.05, 0) is 38.6 Å². The van der Waals surface area contributed by atoms with Gasteiger partial charge in [-0.2, -0.15) is 0 Å². The van der Waals surface area contributed by atoms with Gasteiger partial charge in [0.15, 0.2) is 0 Å². The van der Waals surface area contributed by atoms with Crippen LogP contribution in [0.5, 0.6) is 0 Å². The zero-order valence-electron chi connectivity index (χ0n) is 10.4. The van der Waals surface area contributed by atoms with Gasteiger partial charge in [-0.15, -0.1) is 0 Å². The van der Waals surface area contributed by atoms with Gasteiger partial charge in [0, 0.05) is 12.5 Å². The van der Waals surface area contributed by atoms with Gasteiger partial charge in [0.25, 0.3) is 0 Å². The lowest BCUT2D eigenvalue weighted by atomic mass is 10.0. The van der Waals surface area contributed by atoms with Crippen molar-refractivity contribution in [3.63, 3.8) is 0 Å². The van der Waals surface area contributed by atoms with Crippen LogP contribution in [0.15, 0.2) is 18.2 Å². The standard InChI is InChI=1S/C13H17N3O/c1-8(17)6-12(14-3)10-4-5-11-13(7-10)16-9(2)15-11/h4-5,7,12,14H,6H2,1-3H3,(H,15,16). The molecule has 0 amide bonds. The second kappa shape index (κ2) is 4.67. The van der Waals surface area contributed by atoms with Crippen LogP contribution in [0.3, 0.4) is 0 Å².